The van der Waals surface area contributed by atoms with Crippen molar-refractivity contribution in [2.75, 3.05) is 25.5 Å². The average Bonchev–Trinajstić information content (AvgIpc) is 2.78. The van der Waals surface area contributed by atoms with Gasteiger partial charge in [-0.05, 0) is 32.2 Å². The highest BCUT2D eigenvalue weighted by Gasteiger charge is 2.11. The third-order valence-electron chi connectivity index (χ3n) is 4.25. The Balaban J connectivity index is 0.00000289. The van der Waals surface area contributed by atoms with E-state index in [4.69, 9.17) is 21.1 Å². The molecule has 0 saturated heterocycles. The number of anilines is 2. The molecule has 3 heterocycles. The number of rotatable bonds is 8. The minimum Gasteiger partial charge on any atom is -0.491 e. The molecular formula is C21H21Cl2N7O2. The van der Waals surface area contributed by atoms with Gasteiger partial charge in [-0.1, -0.05) is 11.6 Å². The maximum atomic E-state index is 6.33. The van der Waals surface area contributed by atoms with Gasteiger partial charge in [0.15, 0.2) is 0 Å². The van der Waals surface area contributed by atoms with Crippen molar-refractivity contribution in [3.05, 3.63) is 59.9 Å². The molecule has 0 aliphatic heterocycles. The van der Waals surface area contributed by atoms with Crippen LogP contribution in [0.3, 0.4) is 0 Å². The molecule has 0 radical (unpaired) electrons. The highest BCUT2D eigenvalue weighted by atomic mass is 35.5. The van der Waals surface area contributed by atoms with Gasteiger partial charge in [-0.2, -0.15) is 0 Å². The fourth-order valence-corrected chi connectivity index (χ4v) is 2.92. The number of fused-ring (bicyclic) bond motifs is 1. The van der Waals surface area contributed by atoms with E-state index in [1.165, 1.54) is 6.33 Å². The second-order valence-electron chi connectivity index (χ2n) is 6.58. The number of halogens is 2. The van der Waals surface area contributed by atoms with Crippen LogP contribution in [0.1, 0.15) is 5.69 Å². The summed E-state index contributed by atoms with van der Waals surface area (Å²) in [5.41, 5.74) is 1.58. The molecule has 4 rings (SSSR count). The third-order valence-corrected chi connectivity index (χ3v) is 4.52. The van der Waals surface area contributed by atoms with Gasteiger partial charge in [0, 0.05) is 18.0 Å². The van der Waals surface area contributed by atoms with E-state index in [9.17, 15) is 0 Å². The van der Waals surface area contributed by atoms with E-state index in [0.717, 1.165) is 23.1 Å². The summed E-state index contributed by atoms with van der Waals surface area (Å²) in [7, 11) is 1.86. The Hall–Kier alpha value is -3.27. The van der Waals surface area contributed by atoms with E-state index in [1.807, 2.05) is 26.1 Å². The van der Waals surface area contributed by atoms with E-state index >= 15 is 0 Å². The van der Waals surface area contributed by atoms with Crippen LogP contribution in [-0.2, 0) is 0 Å². The van der Waals surface area contributed by atoms with Crippen LogP contribution in [0.25, 0.3) is 10.9 Å². The summed E-state index contributed by atoms with van der Waals surface area (Å²) in [6, 6.07) is 7.11. The van der Waals surface area contributed by atoms with E-state index in [0.29, 0.717) is 34.8 Å². The molecule has 32 heavy (non-hydrogen) atoms. The molecule has 0 amide bonds. The van der Waals surface area contributed by atoms with Crippen LogP contribution < -0.4 is 20.1 Å². The molecule has 1 aromatic carbocycles. The SMILES string of the molecule is CNCCOc1cnc(Oc2ccc3ncnc(Nc4cnc(C)cn4)c3c2)c(Cl)c1.Cl. The number of nitrogens with zero attached hydrogens (tertiary/aromatic N) is 5. The van der Waals surface area contributed by atoms with Crippen LogP contribution >= 0.6 is 24.0 Å². The van der Waals surface area contributed by atoms with Gasteiger partial charge in [0.05, 0.1) is 29.8 Å². The largest absolute Gasteiger partial charge is 0.491 e. The van der Waals surface area contributed by atoms with Crippen molar-refractivity contribution >= 4 is 46.5 Å². The topological polar surface area (TPSA) is 107 Å². The van der Waals surface area contributed by atoms with Crippen LogP contribution in [0.15, 0.2) is 49.2 Å². The first-order valence-corrected chi connectivity index (χ1v) is 9.91. The minimum atomic E-state index is 0. The number of pyridine rings is 1. The second-order valence-corrected chi connectivity index (χ2v) is 6.99. The van der Waals surface area contributed by atoms with Crippen LogP contribution in [-0.4, -0.2) is 45.1 Å². The van der Waals surface area contributed by atoms with Crippen molar-refractivity contribution < 1.29 is 9.47 Å². The maximum Gasteiger partial charge on any atom is 0.238 e. The van der Waals surface area contributed by atoms with Crippen molar-refractivity contribution in [3.8, 4) is 17.4 Å². The molecule has 3 aromatic heterocycles. The molecule has 0 spiro atoms. The van der Waals surface area contributed by atoms with Crippen LogP contribution in [0.2, 0.25) is 5.02 Å². The van der Waals surface area contributed by atoms with E-state index in [2.05, 4.69) is 35.6 Å². The van der Waals surface area contributed by atoms with Crippen LogP contribution in [0.5, 0.6) is 17.4 Å². The number of likely N-dealkylation sites (N-methyl/N-ethyl adjacent to an activating group) is 1. The van der Waals surface area contributed by atoms with Crippen molar-refractivity contribution in [2.45, 2.75) is 6.92 Å². The Labute approximate surface area is 196 Å². The third kappa shape index (κ3) is 5.70. The van der Waals surface area contributed by atoms with E-state index in [1.54, 1.807) is 30.7 Å². The predicted molar refractivity (Wildman–Crippen MR) is 126 cm³/mol. The molecule has 0 aliphatic carbocycles. The van der Waals surface area contributed by atoms with Gasteiger partial charge in [0.25, 0.3) is 0 Å². The summed E-state index contributed by atoms with van der Waals surface area (Å²) in [6.07, 6.45) is 6.38. The minimum absolute atomic E-state index is 0. The van der Waals surface area contributed by atoms with Gasteiger partial charge in [-0.3, -0.25) is 4.98 Å². The molecule has 11 heteroatoms. The number of ether oxygens (including phenoxy) is 2. The number of benzene rings is 1. The average molecular weight is 474 g/mol. The molecular weight excluding hydrogens is 453 g/mol. The number of hydrogen-bond acceptors (Lipinski definition) is 9. The lowest BCUT2D eigenvalue weighted by Crippen LogP contribution is -2.15. The Morgan fingerprint density at radius 3 is 2.59 bits per heavy atom. The number of nitrogens with one attached hydrogen (secondary N) is 2. The zero-order chi connectivity index (χ0) is 21.6. The monoisotopic (exact) mass is 473 g/mol. The Bertz CT molecular complexity index is 1190. The molecule has 9 nitrogen and oxygen atoms in total. The molecule has 0 aliphatic rings. The maximum absolute atomic E-state index is 6.33. The predicted octanol–water partition coefficient (Wildman–Crippen LogP) is 4.33. The zero-order valence-electron chi connectivity index (χ0n) is 17.4. The van der Waals surface area contributed by atoms with Crippen molar-refractivity contribution in [1.82, 2.24) is 30.2 Å². The molecule has 0 saturated carbocycles. The molecule has 0 fully saturated rings. The van der Waals surface area contributed by atoms with Gasteiger partial charge in [-0.15, -0.1) is 12.4 Å². The Morgan fingerprint density at radius 1 is 0.969 bits per heavy atom. The first-order valence-electron chi connectivity index (χ1n) is 9.53. The second kappa shape index (κ2) is 10.9. The van der Waals surface area contributed by atoms with Gasteiger partial charge in [0.1, 0.15) is 41.1 Å². The first kappa shape index (κ1) is 23.4. The van der Waals surface area contributed by atoms with E-state index < -0.39 is 0 Å². The number of aromatic nitrogens is 5. The lowest BCUT2D eigenvalue weighted by molar-refractivity contribution is 0.316. The first-order chi connectivity index (χ1) is 15.1. The summed E-state index contributed by atoms with van der Waals surface area (Å²) >= 11 is 6.33. The lowest BCUT2D eigenvalue weighted by Gasteiger charge is -2.11. The molecule has 0 atom stereocenters. The molecule has 0 unspecified atom stereocenters. The van der Waals surface area contributed by atoms with Gasteiger partial charge in [-0.25, -0.2) is 19.9 Å². The Kier molecular flexibility index (Phi) is 7.93. The zero-order valence-corrected chi connectivity index (χ0v) is 18.9. The molecule has 4 aromatic rings. The summed E-state index contributed by atoms with van der Waals surface area (Å²) in [4.78, 5) is 21.4. The standard InChI is InChI=1S/C21H20ClN7O2.ClH/c1-13-9-25-19(11-24-13)29-20-16-7-14(3-4-18(16)27-12-28-20)31-21-17(22)8-15(10-26-21)30-6-5-23-2;/h3-4,7-12,23H,5-6H2,1-2H3,(H,25,27,28,29);1H. The van der Waals surface area contributed by atoms with Gasteiger partial charge < -0.3 is 20.1 Å². The van der Waals surface area contributed by atoms with Crippen LogP contribution in [0, 0.1) is 6.92 Å². The summed E-state index contributed by atoms with van der Waals surface area (Å²) in [5, 5.41) is 7.27. The number of hydrogen-bond donors (Lipinski definition) is 2. The Morgan fingerprint density at radius 2 is 1.84 bits per heavy atom. The normalized spacial score (nSPS) is 10.5. The van der Waals surface area contributed by atoms with Gasteiger partial charge in [0.2, 0.25) is 5.88 Å². The van der Waals surface area contributed by atoms with Gasteiger partial charge >= 0.3 is 0 Å². The van der Waals surface area contributed by atoms with Crippen molar-refractivity contribution in [1.29, 1.82) is 0 Å². The fraction of sp³-hybridized carbons (Fsp3) is 0.190. The fourth-order valence-electron chi connectivity index (χ4n) is 2.72. The van der Waals surface area contributed by atoms with Crippen LogP contribution in [0.4, 0.5) is 11.6 Å². The van der Waals surface area contributed by atoms with Crippen molar-refractivity contribution in [3.63, 3.8) is 0 Å². The van der Waals surface area contributed by atoms with E-state index in [-0.39, 0.29) is 18.3 Å². The quantitative estimate of drug-likeness (QED) is 0.361. The lowest BCUT2D eigenvalue weighted by atomic mass is 10.2. The summed E-state index contributed by atoms with van der Waals surface area (Å²) in [6.45, 7) is 3.11. The highest BCUT2D eigenvalue weighted by molar-refractivity contribution is 6.32. The smallest absolute Gasteiger partial charge is 0.238 e. The molecule has 0 bridgehead atoms. The summed E-state index contributed by atoms with van der Waals surface area (Å²) in [5.74, 6) is 2.55. The number of aryl methyl sites for hydroxylation is 1. The molecule has 166 valence electrons. The van der Waals surface area contributed by atoms with Crippen molar-refractivity contribution in [2.24, 2.45) is 0 Å². The molecule has 2 N–H and O–H groups in total. The highest BCUT2D eigenvalue weighted by Crippen LogP contribution is 2.32. The summed E-state index contributed by atoms with van der Waals surface area (Å²) < 4.78 is 11.5.